The predicted octanol–water partition coefficient (Wildman–Crippen LogP) is 3.64. The van der Waals surface area contributed by atoms with E-state index in [0.717, 1.165) is 0 Å². The molecule has 2 aromatic rings. The molecule has 2 aromatic carbocycles. The molecule has 0 aliphatic rings. The van der Waals surface area contributed by atoms with Gasteiger partial charge < -0.3 is 4.84 Å². The Kier molecular flexibility index (Phi) is 3.93. The van der Waals surface area contributed by atoms with Gasteiger partial charge >= 0.3 is 6.30 Å². The maximum absolute atomic E-state index is 12.9. The number of hydrogen-bond donors (Lipinski definition) is 0. The van der Waals surface area contributed by atoms with Gasteiger partial charge in [-0.2, -0.15) is 0 Å². The summed E-state index contributed by atoms with van der Waals surface area (Å²) < 4.78 is 38.8. The van der Waals surface area contributed by atoms with E-state index in [9.17, 15) is 18.0 Å². The first kappa shape index (κ1) is 13.9. The maximum atomic E-state index is 12.9. The zero-order chi connectivity index (χ0) is 14.6. The third kappa shape index (κ3) is 3.28. The Hall–Kier alpha value is -2.50. The van der Waals surface area contributed by atoms with E-state index in [1.807, 2.05) is 0 Å². The molecule has 0 bridgehead atoms. The molecular weight excluding hydrogens is 271 g/mol. The van der Waals surface area contributed by atoms with Crippen LogP contribution in [0.2, 0.25) is 0 Å². The molecule has 1 amide bonds. The van der Waals surface area contributed by atoms with Crippen LogP contribution in [-0.2, 0) is 0 Å². The van der Waals surface area contributed by atoms with Crippen LogP contribution in [0, 0.1) is 0 Å². The molecule has 2 rings (SSSR count). The highest BCUT2D eigenvalue weighted by Crippen LogP contribution is 2.25. The fraction of sp³-hybridized carbons (Fsp3) is 0.0714. The number of carbonyl (C=O) groups excluding carboxylic acids is 1. The van der Waals surface area contributed by atoms with Gasteiger partial charge in [0.1, 0.15) is 0 Å². The number of benzene rings is 2. The third-order valence-electron chi connectivity index (χ3n) is 2.38. The Balaban J connectivity index is 2.27. The van der Waals surface area contributed by atoms with E-state index in [-0.39, 0.29) is 11.3 Å². The Morgan fingerprint density at radius 1 is 0.900 bits per heavy atom. The summed E-state index contributed by atoms with van der Waals surface area (Å²) in [4.78, 5) is 16.5. The Morgan fingerprint density at radius 3 is 1.90 bits per heavy atom. The third-order valence-corrected chi connectivity index (χ3v) is 2.38. The van der Waals surface area contributed by atoms with Crippen molar-refractivity contribution in [2.45, 2.75) is 6.30 Å². The second kappa shape index (κ2) is 5.64. The summed E-state index contributed by atoms with van der Waals surface area (Å²) in [5.41, 5.74) is -0.110. The number of rotatable bonds is 3. The second-order valence-electron chi connectivity index (χ2n) is 3.84. The fourth-order valence-corrected chi connectivity index (χ4v) is 1.49. The average Bonchev–Trinajstić information content (AvgIpc) is 2.45. The molecule has 0 heterocycles. The lowest BCUT2D eigenvalue weighted by Gasteiger charge is -2.24. The lowest BCUT2D eigenvalue weighted by atomic mass is 10.2. The van der Waals surface area contributed by atoms with Crippen molar-refractivity contribution in [1.82, 2.24) is 5.06 Å². The Morgan fingerprint density at radius 2 is 1.40 bits per heavy atom. The number of carbonyl (C=O) groups is 1. The van der Waals surface area contributed by atoms with Gasteiger partial charge in [-0.05, 0) is 24.3 Å². The van der Waals surface area contributed by atoms with Crippen LogP contribution in [0.3, 0.4) is 0 Å². The topological polar surface area (TPSA) is 29.5 Å². The summed E-state index contributed by atoms with van der Waals surface area (Å²) in [6, 6.07) is 14.4. The molecule has 0 radical (unpaired) electrons. The number of hydroxylamine groups is 2. The summed E-state index contributed by atoms with van der Waals surface area (Å²) in [6.07, 6.45) is -4.94. The molecule has 0 aromatic heterocycles. The van der Waals surface area contributed by atoms with Crippen LogP contribution in [0.1, 0.15) is 10.4 Å². The normalized spacial score (nSPS) is 10.9. The molecule has 0 atom stereocenters. The van der Waals surface area contributed by atoms with Gasteiger partial charge in [0.15, 0.2) is 5.75 Å². The monoisotopic (exact) mass is 281 g/mol. The fourth-order valence-electron chi connectivity index (χ4n) is 1.49. The van der Waals surface area contributed by atoms with Crippen LogP contribution in [0.5, 0.6) is 5.75 Å². The average molecular weight is 281 g/mol. The van der Waals surface area contributed by atoms with E-state index in [1.54, 1.807) is 12.1 Å². The van der Waals surface area contributed by atoms with Crippen molar-refractivity contribution in [1.29, 1.82) is 0 Å². The van der Waals surface area contributed by atoms with E-state index in [2.05, 4.69) is 4.84 Å². The lowest BCUT2D eigenvalue weighted by molar-refractivity contribution is -0.307. The van der Waals surface area contributed by atoms with Gasteiger partial charge in [-0.3, -0.25) is 4.79 Å². The quantitative estimate of drug-likeness (QED) is 0.635. The molecule has 3 nitrogen and oxygen atoms in total. The van der Waals surface area contributed by atoms with Gasteiger partial charge in [0, 0.05) is 5.56 Å². The molecule has 0 aliphatic carbocycles. The minimum Gasteiger partial charge on any atom is -0.369 e. The maximum Gasteiger partial charge on any atom is 0.520 e. The highest BCUT2D eigenvalue weighted by atomic mass is 19.4. The standard InChI is InChI=1S/C14H10F3NO2/c15-14(16,17)18(20-12-9-5-2-6-10-12)13(19)11-7-3-1-4-8-11/h1-10H. The van der Waals surface area contributed by atoms with Crippen molar-refractivity contribution < 1.29 is 22.8 Å². The molecule has 20 heavy (non-hydrogen) atoms. The summed E-state index contributed by atoms with van der Waals surface area (Å²) in [7, 11) is 0. The van der Waals surface area contributed by atoms with Gasteiger partial charge in [0.25, 0.3) is 5.91 Å². The number of alkyl halides is 3. The first-order valence-corrected chi connectivity index (χ1v) is 5.68. The van der Waals surface area contributed by atoms with Gasteiger partial charge in [0.2, 0.25) is 0 Å². The van der Waals surface area contributed by atoms with E-state index in [0.29, 0.717) is 0 Å². The minimum atomic E-state index is -4.94. The number of para-hydroxylation sites is 1. The van der Waals surface area contributed by atoms with Crippen LogP contribution in [-0.4, -0.2) is 17.3 Å². The predicted molar refractivity (Wildman–Crippen MR) is 65.7 cm³/mol. The number of hydrogen-bond acceptors (Lipinski definition) is 2. The van der Waals surface area contributed by atoms with Crippen LogP contribution in [0.4, 0.5) is 13.2 Å². The molecule has 0 N–H and O–H groups in total. The SMILES string of the molecule is O=C(c1ccccc1)N(Oc1ccccc1)C(F)(F)F. The van der Waals surface area contributed by atoms with Crippen molar-refractivity contribution in [3.8, 4) is 5.75 Å². The first-order valence-electron chi connectivity index (χ1n) is 5.68. The summed E-state index contributed by atoms with van der Waals surface area (Å²) >= 11 is 0. The highest BCUT2D eigenvalue weighted by molar-refractivity contribution is 5.93. The number of nitrogens with zero attached hydrogens (tertiary/aromatic N) is 1. The lowest BCUT2D eigenvalue weighted by Crippen LogP contribution is -2.45. The molecule has 6 heteroatoms. The number of amides is 1. The van der Waals surface area contributed by atoms with Crippen molar-refractivity contribution >= 4 is 5.91 Å². The summed E-state index contributed by atoms with van der Waals surface area (Å²) in [5, 5.41) is -0.586. The molecule has 0 unspecified atom stereocenters. The van der Waals surface area contributed by atoms with Gasteiger partial charge in [-0.25, -0.2) is 0 Å². The molecule has 104 valence electrons. The first-order chi connectivity index (χ1) is 9.48. The minimum absolute atomic E-state index is 0.0749. The van der Waals surface area contributed by atoms with Crippen molar-refractivity contribution in [2.24, 2.45) is 0 Å². The van der Waals surface area contributed by atoms with E-state index < -0.39 is 17.3 Å². The summed E-state index contributed by atoms with van der Waals surface area (Å²) in [6.45, 7) is 0. The van der Waals surface area contributed by atoms with Gasteiger partial charge in [-0.15, -0.1) is 13.2 Å². The zero-order valence-electron chi connectivity index (χ0n) is 10.2. The molecule has 0 aliphatic heterocycles. The molecule has 0 saturated heterocycles. The van der Waals surface area contributed by atoms with Crippen molar-refractivity contribution in [3.05, 3.63) is 66.2 Å². The van der Waals surface area contributed by atoms with Crippen LogP contribution in [0.15, 0.2) is 60.7 Å². The van der Waals surface area contributed by atoms with Crippen molar-refractivity contribution in [3.63, 3.8) is 0 Å². The van der Waals surface area contributed by atoms with Crippen LogP contribution < -0.4 is 4.84 Å². The van der Waals surface area contributed by atoms with Gasteiger partial charge in [-0.1, -0.05) is 41.5 Å². The molecule has 0 spiro atoms. The Bertz CT molecular complexity index is 570. The van der Waals surface area contributed by atoms with E-state index in [1.165, 1.54) is 48.5 Å². The van der Waals surface area contributed by atoms with Crippen LogP contribution >= 0.6 is 0 Å². The molecule has 0 saturated carbocycles. The Labute approximate surface area is 113 Å². The summed E-state index contributed by atoms with van der Waals surface area (Å²) in [5.74, 6) is -1.35. The van der Waals surface area contributed by atoms with Gasteiger partial charge in [0.05, 0.1) is 0 Å². The van der Waals surface area contributed by atoms with Crippen molar-refractivity contribution in [2.75, 3.05) is 0 Å². The molecular formula is C14H10F3NO2. The number of halogens is 3. The van der Waals surface area contributed by atoms with E-state index >= 15 is 0 Å². The smallest absolute Gasteiger partial charge is 0.369 e. The molecule has 0 fully saturated rings. The highest BCUT2D eigenvalue weighted by Gasteiger charge is 2.44. The zero-order valence-corrected chi connectivity index (χ0v) is 10.2. The van der Waals surface area contributed by atoms with E-state index in [4.69, 9.17) is 0 Å². The second-order valence-corrected chi connectivity index (χ2v) is 3.84. The van der Waals surface area contributed by atoms with Crippen LogP contribution in [0.25, 0.3) is 0 Å². The largest absolute Gasteiger partial charge is 0.520 e.